The first-order chi connectivity index (χ1) is 12.9. The van der Waals surface area contributed by atoms with Gasteiger partial charge in [0.15, 0.2) is 6.61 Å². The molecular weight excluding hydrogens is 368 g/mol. The Morgan fingerprint density at radius 2 is 1.70 bits per heavy atom. The predicted octanol–water partition coefficient (Wildman–Crippen LogP) is 2.03. The number of anilines is 1. The molecule has 27 heavy (non-hydrogen) atoms. The summed E-state index contributed by atoms with van der Waals surface area (Å²) >= 11 is 0. The van der Waals surface area contributed by atoms with Gasteiger partial charge in [-0.15, -0.1) is 0 Å². The van der Waals surface area contributed by atoms with Gasteiger partial charge in [0.2, 0.25) is 0 Å². The zero-order chi connectivity index (χ0) is 19.3. The van der Waals surface area contributed by atoms with Gasteiger partial charge < -0.3 is 14.4 Å². The molecule has 0 aromatic heterocycles. The molecule has 0 saturated carbocycles. The van der Waals surface area contributed by atoms with E-state index in [2.05, 4.69) is 4.72 Å². The van der Waals surface area contributed by atoms with Crippen LogP contribution in [0.3, 0.4) is 0 Å². The molecule has 1 aliphatic rings. The molecule has 2 aromatic carbocycles. The fraction of sp³-hybridized carbons (Fsp3) is 0.316. The summed E-state index contributed by atoms with van der Waals surface area (Å²) in [6, 6.07) is 13.1. The normalized spacial score (nSPS) is 14.6. The fourth-order valence-corrected chi connectivity index (χ4v) is 3.66. The second-order valence-corrected chi connectivity index (χ2v) is 7.91. The first kappa shape index (κ1) is 19.2. The number of aryl methyl sites for hydroxylation is 1. The summed E-state index contributed by atoms with van der Waals surface area (Å²) in [5, 5.41) is 0. The predicted molar refractivity (Wildman–Crippen MR) is 101 cm³/mol. The molecule has 1 heterocycles. The maximum atomic E-state index is 12.4. The fourth-order valence-electron chi connectivity index (χ4n) is 2.60. The second-order valence-electron chi connectivity index (χ2n) is 6.22. The van der Waals surface area contributed by atoms with Gasteiger partial charge in [-0.05, 0) is 43.3 Å². The molecule has 7 nitrogen and oxygen atoms in total. The van der Waals surface area contributed by atoms with Gasteiger partial charge >= 0.3 is 0 Å². The molecule has 1 saturated heterocycles. The van der Waals surface area contributed by atoms with Crippen molar-refractivity contribution in [2.45, 2.75) is 11.8 Å². The van der Waals surface area contributed by atoms with Crippen molar-refractivity contribution in [1.82, 2.24) is 4.90 Å². The van der Waals surface area contributed by atoms with E-state index in [9.17, 15) is 13.2 Å². The number of carbonyl (C=O) groups is 1. The molecule has 2 aromatic rings. The lowest BCUT2D eigenvalue weighted by molar-refractivity contribution is -0.137. The lowest BCUT2D eigenvalue weighted by Crippen LogP contribution is -2.42. The van der Waals surface area contributed by atoms with Gasteiger partial charge in [0.05, 0.1) is 18.1 Å². The van der Waals surface area contributed by atoms with Crippen LogP contribution >= 0.6 is 0 Å². The molecule has 0 radical (unpaired) electrons. The van der Waals surface area contributed by atoms with Crippen LogP contribution in [0.1, 0.15) is 5.56 Å². The Balaban J connectivity index is 1.56. The highest BCUT2D eigenvalue weighted by atomic mass is 32.2. The molecule has 0 atom stereocenters. The Morgan fingerprint density at radius 1 is 1.07 bits per heavy atom. The average molecular weight is 390 g/mol. The van der Waals surface area contributed by atoms with Gasteiger partial charge in [-0.3, -0.25) is 9.52 Å². The minimum atomic E-state index is -3.65. The Bertz CT molecular complexity index is 873. The Morgan fingerprint density at radius 3 is 2.33 bits per heavy atom. The van der Waals surface area contributed by atoms with Crippen LogP contribution in [0, 0.1) is 6.92 Å². The first-order valence-corrected chi connectivity index (χ1v) is 10.1. The van der Waals surface area contributed by atoms with Crippen LogP contribution in [-0.2, 0) is 19.6 Å². The van der Waals surface area contributed by atoms with Crippen LogP contribution in [-0.4, -0.2) is 52.1 Å². The highest BCUT2D eigenvalue weighted by Gasteiger charge is 2.17. The van der Waals surface area contributed by atoms with Gasteiger partial charge in [-0.1, -0.05) is 17.7 Å². The summed E-state index contributed by atoms with van der Waals surface area (Å²) in [6.45, 7) is 4.06. The van der Waals surface area contributed by atoms with Crippen molar-refractivity contribution in [3.05, 3.63) is 54.1 Å². The highest BCUT2D eigenvalue weighted by Crippen LogP contribution is 2.20. The van der Waals surface area contributed by atoms with E-state index >= 15 is 0 Å². The monoisotopic (exact) mass is 390 g/mol. The molecule has 0 unspecified atom stereocenters. The molecule has 3 rings (SSSR count). The third-order valence-corrected chi connectivity index (χ3v) is 5.56. The van der Waals surface area contributed by atoms with Crippen molar-refractivity contribution >= 4 is 21.6 Å². The van der Waals surface area contributed by atoms with Crippen molar-refractivity contribution in [2.24, 2.45) is 0 Å². The van der Waals surface area contributed by atoms with Crippen LogP contribution in [0.2, 0.25) is 0 Å². The maximum Gasteiger partial charge on any atom is 0.261 e. The maximum absolute atomic E-state index is 12.4. The van der Waals surface area contributed by atoms with Gasteiger partial charge in [0, 0.05) is 18.8 Å². The summed E-state index contributed by atoms with van der Waals surface area (Å²) in [4.78, 5) is 14.0. The molecule has 144 valence electrons. The molecule has 0 aliphatic carbocycles. The van der Waals surface area contributed by atoms with Crippen molar-refractivity contribution < 1.29 is 22.7 Å². The molecular formula is C19H22N2O5S. The highest BCUT2D eigenvalue weighted by molar-refractivity contribution is 7.92. The summed E-state index contributed by atoms with van der Waals surface area (Å²) < 4.78 is 38.0. The molecule has 1 amide bonds. The lowest BCUT2D eigenvalue weighted by Gasteiger charge is -2.26. The average Bonchev–Trinajstić information content (AvgIpc) is 2.68. The number of benzene rings is 2. The summed E-state index contributed by atoms with van der Waals surface area (Å²) in [5.74, 6) is 0.400. The number of rotatable bonds is 6. The van der Waals surface area contributed by atoms with Crippen LogP contribution in [0.5, 0.6) is 5.75 Å². The molecule has 1 N–H and O–H groups in total. The van der Waals surface area contributed by atoms with E-state index in [0.29, 0.717) is 37.7 Å². The van der Waals surface area contributed by atoms with E-state index < -0.39 is 10.0 Å². The minimum Gasteiger partial charge on any atom is -0.484 e. The molecule has 1 aliphatic heterocycles. The zero-order valence-corrected chi connectivity index (χ0v) is 15.9. The smallest absolute Gasteiger partial charge is 0.261 e. The van der Waals surface area contributed by atoms with Crippen LogP contribution < -0.4 is 9.46 Å². The number of morpholine rings is 1. The summed E-state index contributed by atoms with van der Waals surface area (Å²) in [6.07, 6.45) is 0. The molecule has 0 spiro atoms. The molecule has 0 bridgehead atoms. The minimum absolute atomic E-state index is 0.0611. The van der Waals surface area contributed by atoms with E-state index in [-0.39, 0.29) is 17.4 Å². The number of nitrogens with one attached hydrogen (secondary N) is 1. The largest absolute Gasteiger partial charge is 0.484 e. The number of hydrogen-bond donors (Lipinski definition) is 1. The van der Waals surface area contributed by atoms with Crippen LogP contribution in [0.4, 0.5) is 5.69 Å². The van der Waals surface area contributed by atoms with Crippen molar-refractivity contribution in [1.29, 1.82) is 0 Å². The van der Waals surface area contributed by atoms with Gasteiger partial charge in [0.25, 0.3) is 15.9 Å². The molecule has 8 heteroatoms. The van der Waals surface area contributed by atoms with E-state index in [1.165, 1.54) is 0 Å². The number of sulfonamides is 1. The Labute approximate surface area is 158 Å². The topological polar surface area (TPSA) is 84.9 Å². The van der Waals surface area contributed by atoms with Crippen LogP contribution in [0.15, 0.2) is 53.4 Å². The van der Waals surface area contributed by atoms with Gasteiger partial charge in [0.1, 0.15) is 5.75 Å². The van der Waals surface area contributed by atoms with E-state index in [1.54, 1.807) is 53.4 Å². The number of nitrogens with zero attached hydrogens (tertiary/aromatic N) is 1. The van der Waals surface area contributed by atoms with Crippen molar-refractivity contribution in [3.8, 4) is 5.75 Å². The SMILES string of the molecule is Cc1ccc(S(=O)(=O)Nc2ccc(OCC(=O)N3CCOCC3)cc2)cc1. The number of hydrogen-bond acceptors (Lipinski definition) is 5. The number of carbonyl (C=O) groups excluding carboxylic acids is 1. The van der Waals surface area contributed by atoms with E-state index in [4.69, 9.17) is 9.47 Å². The van der Waals surface area contributed by atoms with E-state index in [1.807, 2.05) is 6.92 Å². The summed E-state index contributed by atoms with van der Waals surface area (Å²) in [5.41, 5.74) is 1.41. The second kappa shape index (κ2) is 8.41. The quantitative estimate of drug-likeness (QED) is 0.816. The zero-order valence-electron chi connectivity index (χ0n) is 15.1. The molecule has 1 fully saturated rings. The van der Waals surface area contributed by atoms with Crippen molar-refractivity contribution in [3.63, 3.8) is 0 Å². The van der Waals surface area contributed by atoms with E-state index in [0.717, 1.165) is 5.56 Å². The lowest BCUT2D eigenvalue weighted by atomic mass is 10.2. The Hall–Kier alpha value is -2.58. The summed E-state index contributed by atoms with van der Waals surface area (Å²) in [7, 11) is -3.65. The third kappa shape index (κ3) is 5.21. The standard InChI is InChI=1S/C19H22N2O5S/c1-15-2-8-18(9-3-15)27(23,24)20-16-4-6-17(7-5-16)26-14-19(22)21-10-12-25-13-11-21/h2-9,20H,10-14H2,1H3. The van der Waals surface area contributed by atoms with Gasteiger partial charge in [-0.2, -0.15) is 0 Å². The Kier molecular flexibility index (Phi) is 5.98. The number of ether oxygens (including phenoxy) is 2. The first-order valence-electron chi connectivity index (χ1n) is 8.62. The van der Waals surface area contributed by atoms with Gasteiger partial charge in [-0.25, -0.2) is 8.42 Å². The third-order valence-electron chi connectivity index (χ3n) is 4.16. The number of amides is 1. The van der Waals surface area contributed by atoms with Crippen LogP contribution in [0.25, 0.3) is 0 Å². The van der Waals surface area contributed by atoms with Crippen molar-refractivity contribution in [2.75, 3.05) is 37.6 Å².